The van der Waals surface area contributed by atoms with Gasteiger partial charge in [0.25, 0.3) is 5.91 Å². The highest BCUT2D eigenvalue weighted by Crippen LogP contribution is 2.33. The molecule has 0 bridgehead atoms. The highest BCUT2D eigenvalue weighted by Gasteiger charge is 2.33. The Morgan fingerprint density at radius 3 is 2.71 bits per heavy atom. The van der Waals surface area contributed by atoms with Gasteiger partial charge < -0.3 is 10.4 Å². The molecular weight excluding hydrogens is 337 g/mol. The van der Waals surface area contributed by atoms with Crippen LogP contribution in [0.2, 0.25) is 0 Å². The molecule has 1 amide bonds. The lowest BCUT2D eigenvalue weighted by Crippen LogP contribution is -2.45. The zero-order chi connectivity index (χ0) is 15.5. The van der Waals surface area contributed by atoms with E-state index >= 15 is 0 Å². The fourth-order valence-electron chi connectivity index (χ4n) is 2.85. The quantitative estimate of drug-likeness (QED) is 0.863. The molecule has 2 N–H and O–H groups in total. The molecule has 1 aliphatic carbocycles. The summed E-state index contributed by atoms with van der Waals surface area (Å²) in [6.07, 6.45) is 4.46. The molecule has 21 heavy (non-hydrogen) atoms. The molecule has 0 saturated heterocycles. The van der Waals surface area contributed by atoms with E-state index < -0.39 is 17.3 Å². The summed E-state index contributed by atoms with van der Waals surface area (Å²) in [5.74, 6) is -0.392. The maximum atomic E-state index is 13.7. The normalized spacial score (nSPS) is 25.6. The first-order valence-corrected chi connectivity index (χ1v) is 8.19. The number of amides is 1. The third-order valence-electron chi connectivity index (χ3n) is 4.38. The van der Waals surface area contributed by atoms with Gasteiger partial charge in [0.15, 0.2) is 0 Å². The van der Waals surface area contributed by atoms with Gasteiger partial charge in [-0.05, 0) is 59.7 Å². The molecule has 1 aliphatic rings. The summed E-state index contributed by atoms with van der Waals surface area (Å²) < 4.78 is 14.1. The van der Waals surface area contributed by atoms with Crippen molar-refractivity contribution in [3.63, 3.8) is 0 Å². The van der Waals surface area contributed by atoms with E-state index in [2.05, 4.69) is 28.2 Å². The van der Waals surface area contributed by atoms with Gasteiger partial charge in [-0.15, -0.1) is 0 Å². The summed E-state index contributed by atoms with van der Waals surface area (Å²) in [7, 11) is 0. The van der Waals surface area contributed by atoms with Crippen molar-refractivity contribution in [2.75, 3.05) is 6.54 Å². The molecule has 1 fully saturated rings. The highest BCUT2D eigenvalue weighted by molar-refractivity contribution is 9.10. The molecule has 0 aliphatic heterocycles. The van der Waals surface area contributed by atoms with Crippen molar-refractivity contribution >= 4 is 21.8 Å². The third-order valence-corrected chi connectivity index (χ3v) is 5.04. The minimum atomic E-state index is -0.862. The van der Waals surface area contributed by atoms with Crippen molar-refractivity contribution in [1.29, 1.82) is 0 Å². The summed E-state index contributed by atoms with van der Waals surface area (Å²) in [6, 6.07) is 4.41. The van der Waals surface area contributed by atoms with E-state index in [1.54, 1.807) is 6.07 Å². The second-order valence-corrected chi connectivity index (χ2v) is 6.71. The van der Waals surface area contributed by atoms with Gasteiger partial charge in [-0.1, -0.05) is 19.4 Å². The number of nitrogens with one attached hydrogen (secondary N) is 1. The molecule has 0 radical (unpaired) electrons. The van der Waals surface area contributed by atoms with Crippen molar-refractivity contribution in [2.45, 2.75) is 44.6 Å². The summed E-state index contributed by atoms with van der Waals surface area (Å²) in [6.45, 7) is 2.33. The largest absolute Gasteiger partial charge is 0.388 e. The van der Waals surface area contributed by atoms with Crippen LogP contribution in [-0.4, -0.2) is 23.2 Å². The lowest BCUT2D eigenvalue weighted by Gasteiger charge is -2.35. The van der Waals surface area contributed by atoms with Crippen LogP contribution in [0, 0.1) is 11.7 Å². The van der Waals surface area contributed by atoms with E-state index in [1.165, 1.54) is 12.1 Å². The molecule has 0 atom stereocenters. The van der Waals surface area contributed by atoms with E-state index in [-0.39, 0.29) is 12.1 Å². The summed E-state index contributed by atoms with van der Waals surface area (Å²) in [4.78, 5) is 12.1. The number of aliphatic hydroxyl groups is 1. The lowest BCUT2D eigenvalue weighted by atomic mass is 9.78. The predicted molar refractivity (Wildman–Crippen MR) is 83.6 cm³/mol. The van der Waals surface area contributed by atoms with Crippen LogP contribution in [-0.2, 0) is 0 Å². The number of carbonyl (C=O) groups is 1. The van der Waals surface area contributed by atoms with Crippen molar-refractivity contribution in [1.82, 2.24) is 5.32 Å². The monoisotopic (exact) mass is 357 g/mol. The van der Waals surface area contributed by atoms with Crippen LogP contribution in [0.4, 0.5) is 4.39 Å². The fourth-order valence-corrected chi connectivity index (χ4v) is 3.37. The van der Waals surface area contributed by atoms with Gasteiger partial charge in [0.05, 0.1) is 11.2 Å². The van der Waals surface area contributed by atoms with Gasteiger partial charge in [0.2, 0.25) is 0 Å². The van der Waals surface area contributed by atoms with Crippen LogP contribution in [0.15, 0.2) is 22.7 Å². The van der Waals surface area contributed by atoms with Crippen LogP contribution in [0.1, 0.15) is 49.4 Å². The van der Waals surface area contributed by atoms with Gasteiger partial charge in [-0.2, -0.15) is 0 Å². The van der Waals surface area contributed by atoms with Gasteiger partial charge in [-0.25, -0.2) is 4.39 Å². The molecule has 0 aromatic heterocycles. The topological polar surface area (TPSA) is 49.3 Å². The minimum absolute atomic E-state index is 0.0108. The van der Waals surface area contributed by atoms with E-state index in [4.69, 9.17) is 0 Å². The zero-order valence-electron chi connectivity index (χ0n) is 12.2. The first kappa shape index (κ1) is 16.4. The van der Waals surface area contributed by atoms with Crippen LogP contribution in [0.5, 0.6) is 0 Å². The Morgan fingerprint density at radius 1 is 1.48 bits per heavy atom. The summed E-state index contributed by atoms with van der Waals surface area (Å²) in [5, 5.41) is 13.2. The molecule has 2 rings (SSSR count). The third kappa shape index (κ3) is 4.04. The molecule has 1 aromatic rings. The minimum Gasteiger partial charge on any atom is -0.388 e. The summed E-state index contributed by atoms with van der Waals surface area (Å²) >= 11 is 3.18. The number of hydrogen-bond acceptors (Lipinski definition) is 2. The maximum absolute atomic E-state index is 13.7. The SMILES string of the molecule is CCC1CCC(O)(CNC(=O)c2c(F)cccc2Br)CC1. The van der Waals surface area contributed by atoms with Gasteiger partial charge >= 0.3 is 0 Å². The van der Waals surface area contributed by atoms with Crippen molar-refractivity contribution in [3.8, 4) is 0 Å². The van der Waals surface area contributed by atoms with Crippen LogP contribution >= 0.6 is 15.9 Å². The second-order valence-electron chi connectivity index (χ2n) is 5.86. The summed E-state index contributed by atoms with van der Waals surface area (Å²) in [5.41, 5.74) is -0.873. The van der Waals surface area contributed by atoms with E-state index in [0.29, 0.717) is 23.2 Å². The molecule has 116 valence electrons. The fraction of sp³-hybridized carbons (Fsp3) is 0.562. The Balaban J connectivity index is 1.95. The van der Waals surface area contributed by atoms with E-state index in [0.717, 1.165) is 19.3 Å². The van der Waals surface area contributed by atoms with Crippen molar-refractivity contribution in [3.05, 3.63) is 34.1 Å². The Labute approximate surface area is 133 Å². The molecule has 0 unspecified atom stereocenters. The van der Waals surface area contributed by atoms with Crippen LogP contribution < -0.4 is 5.32 Å². The Hall–Kier alpha value is -0.940. The number of rotatable bonds is 4. The predicted octanol–water partition coefficient (Wildman–Crippen LogP) is 3.65. The number of benzene rings is 1. The smallest absolute Gasteiger partial charge is 0.255 e. The Bertz CT molecular complexity index is 493. The molecule has 1 aromatic carbocycles. The Morgan fingerprint density at radius 2 is 2.14 bits per heavy atom. The first-order chi connectivity index (χ1) is 9.95. The molecule has 0 heterocycles. The van der Waals surface area contributed by atoms with E-state index in [9.17, 15) is 14.3 Å². The van der Waals surface area contributed by atoms with Gasteiger partial charge in [0, 0.05) is 11.0 Å². The van der Waals surface area contributed by atoms with E-state index in [1.807, 2.05) is 0 Å². The number of carbonyl (C=O) groups excluding carboxylic acids is 1. The first-order valence-electron chi connectivity index (χ1n) is 7.40. The molecular formula is C16H21BrFNO2. The average Bonchev–Trinajstić information content (AvgIpc) is 2.46. The molecule has 0 spiro atoms. The maximum Gasteiger partial charge on any atom is 0.255 e. The lowest BCUT2D eigenvalue weighted by molar-refractivity contribution is -0.00790. The highest BCUT2D eigenvalue weighted by atomic mass is 79.9. The van der Waals surface area contributed by atoms with Gasteiger partial charge in [-0.3, -0.25) is 4.79 Å². The standard InChI is InChI=1S/C16H21BrFNO2/c1-2-11-6-8-16(21,9-7-11)10-19-15(20)14-12(17)4-3-5-13(14)18/h3-5,11,21H,2,6-10H2,1H3,(H,19,20). The number of hydrogen-bond donors (Lipinski definition) is 2. The van der Waals surface area contributed by atoms with Gasteiger partial charge in [0.1, 0.15) is 5.82 Å². The number of halogens is 2. The van der Waals surface area contributed by atoms with Crippen LogP contribution in [0.25, 0.3) is 0 Å². The molecule has 1 saturated carbocycles. The van der Waals surface area contributed by atoms with Crippen molar-refractivity contribution in [2.24, 2.45) is 5.92 Å². The molecule has 3 nitrogen and oxygen atoms in total. The second kappa shape index (κ2) is 6.88. The average molecular weight is 358 g/mol. The zero-order valence-corrected chi connectivity index (χ0v) is 13.7. The van der Waals surface area contributed by atoms with Crippen molar-refractivity contribution < 1.29 is 14.3 Å². The van der Waals surface area contributed by atoms with Crippen LogP contribution in [0.3, 0.4) is 0 Å². The Kier molecular flexibility index (Phi) is 5.38. The molecule has 5 heteroatoms.